The lowest BCUT2D eigenvalue weighted by molar-refractivity contribution is 1.34. The second-order valence-electron chi connectivity index (χ2n) is 12.5. The Labute approximate surface area is 269 Å². The molecule has 0 aliphatic rings. The Balaban J connectivity index is 1.60. The molecule has 0 N–H and O–H groups in total. The summed E-state index contributed by atoms with van der Waals surface area (Å²) < 4.78 is 0. The molecule has 0 spiro atoms. The van der Waals surface area contributed by atoms with Gasteiger partial charge in [0.05, 0.1) is 0 Å². The van der Waals surface area contributed by atoms with Gasteiger partial charge >= 0.3 is 0 Å². The molecule has 0 radical (unpaired) electrons. The molecule has 0 heteroatoms. The van der Waals surface area contributed by atoms with Crippen molar-refractivity contribution >= 4 is 53.9 Å². The van der Waals surface area contributed by atoms with E-state index in [0.717, 1.165) is 0 Å². The molecule has 0 aromatic heterocycles. The number of hydrogen-bond donors (Lipinski definition) is 0. The number of rotatable bonds is 3. The van der Waals surface area contributed by atoms with Crippen molar-refractivity contribution in [3.05, 3.63) is 169 Å². The number of hydrogen-bond acceptors (Lipinski definition) is 0. The molecule has 0 saturated carbocycles. The fourth-order valence-electron chi connectivity index (χ4n) is 7.63. The molecule has 0 atom stereocenters. The van der Waals surface area contributed by atoms with E-state index in [9.17, 15) is 0 Å². The minimum atomic E-state index is 1.23. The summed E-state index contributed by atoms with van der Waals surface area (Å²) in [5, 5.41) is 12.8. The lowest BCUT2D eigenvalue weighted by Gasteiger charge is -2.23. The van der Waals surface area contributed by atoms with Gasteiger partial charge in [0.15, 0.2) is 0 Å². The van der Waals surface area contributed by atoms with Crippen LogP contribution in [-0.2, 0) is 0 Å². The van der Waals surface area contributed by atoms with Gasteiger partial charge in [-0.25, -0.2) is 0 Å². The second kappa shape index (κ2) is 10.4. The summed E-state index contributed by atoms with van der Waals surface area (Å²) in [5.74, 6) is 0. The van der Waals surface area contributed by atoms with Gasteiger partial charge in [-0.15, -0.1) is 0 Å². The predicted octanol–water partition coefficient (Wildman–Crippen LogP) is 13.1. The van der Waals surface area contributed by atoms with Gasteiger partial charge in [-0.2, -0.15) is 0 Å². The number of benzene rings is 9. The number of fused-ring (bicyclic) bond motifs is 8. The first-order valence-corrected chi connectivity index (χ1v) is 16.1. The number of aryl methyl sites for hydroxylation is 2. The zero-order valence-corrected chi connectivity index (χ0v) is 26.0. The predicted molar refractivity (Wildman–Crippen MR) is 200 cm³/mol. The van der Waals surface area contributed by atoms with Gasteiger partial charge in [-0.1, -0.05) is 146 Å². The van der Waals surface area contributed by atoms with E-state index >= 15 is 0 Å². The van der Waals surface area contributed by atoms with E-state index in [2.05, 4.69) is 172 Å². The summed E-state index contributed by atoms with van der Waals surface area (Å²) in [6, 6.07) is 58.5. The first-order chi connectivity index (χ1) is 22.7. The van der Waals surface area contributed by atoms with E-state index < -0.39 is 0 Å². The molecule has 0 fully saturated rings. The van der Waals surface area contributed by atoms with Crippen molar-refractivity contribution in [3.63, 3.8) is 0 Å². The van der Waals surface area contributed by atoms with Crippen molar-refractivity contribution in [2.75, 3.05) is 0 Å². The van der Waals surface area contributed by atoms with Crippen molar-refractivity contribution in [2.45, 2.75) is 13.8 Å². The van der Waals surface area contributed by atoms with E-state index in [1.54, 1.807) is 0 Å². The molecule has 0 heterocycles. The van der Waals surface area contributed by atoms with Gasteiger partial charge in [0, 0.05) is 0 Å². The first-order valence-electron chi connectivity index (χ1n) is 16.1. The molecule has 216 valence electrons. The van der Waals surface area contributed by atoms with Crippen LogP contribution >= 0.6 is 0 Å². The highest BCUT2D eigenvalue weighted by molar-refractivity contribution is 6.37. The molecule has 46 heavy (non-hydrogen) atoms. The molecular weight excluding hydrogens is 553 g/mol. The molecule has 0 bridgehead atoms. The monoisotopic (exact) mass is 584 g/mol. The summed E-state index contributed by atoms with van der Waals surface area (Å²) in [6.45, 7) is 4.43. The van der Waals surface area contributed by atoms with Gasteiger partial charge in [0.1, 0.15) is 0 Å². The average molecular weight is 585 g/mol. The molecule has 9 aromatic rings. The molecule has 0 aliphatic carbocycles. The highest BCUT2D eigenvalue weighted by Crippen LogP contribution is 2.51. The maximum Gasteiger partial charge on any atom is -0.000741 e. The smallest absolute Gasteiger partial charge is 0.000741 e. The van der Waals surface area contributed by atoms with Crippen LogP contribution in [0.1, 0.15) is 11.1 Å². The van der Waals surface area contributed by atoms with Crippen molar-refractivity contribution in [1.82, 2.24) is 0 Å². The Morgan fingerprint density at radius 1 is 0.304 bits per heavy atom. The largest absolute Gasteiger partial charge is 0.0622 e. The SMILES string of the molecule is Cc1ccc(-c2c3ccccc3c(-c3cc4ccccc4cc3-c3ccccc3)c3c4ccccc4c4ccccc4c23)cc1C. The van der Waals surface area contributed by atoms with Crippen LogP contribution in [0.2, 0.25) is 0 Å². The Morgan fingerprint density at radius 2 is 0.783 bits per heavy atom. The van der Waals surface area contributed by atoms with Crippen LogP contribution in [0.5, 0.6) is 0 Å². The van der Waals surface area contributed by atoms with Crippen molar-refractivity contribution in [3.8, 4) is 33.4 Å². The minimum absolute atomic E-state index is 1.23. The van der Waals surface area contributed by atoms with Crippen LogP contribution in [0.4, 0.5) is 0 Å². The normalized spacial score (nSPS) is 11.7. The van der Waals surface area contributed by atoms with Crippen LogP contribution in [0.15, 0.2) is 158 Å². The standard InChI is InChI=1S/C46H32/c1-29-24-25-34(26-30(29)2)43-39-22-12-13-23-40(39)44(46-38-21-11-9-19-36(38)35-18-8-10-20-37(35)45(43)46)42-28-33-17-7-6-16-32(33)27-41(42)31-14-4-3-5-15-31/h3-28H,1-2H3. The van der Waals surface area contributed by atoms with Crippen LogP contribution in [0.3, 0.4) is 0 Å². The van der Waals surface area contributed by atoms with Gasteiger partial charge in [-0.05, 0) is 124 Å². The highest BCUT2D eigenvalue weighted by atomic mass is 14.3. The molecular formula is C46H32. The van der Waals surface area contributed by atoms with Crippen LogP contribution in [0.25, 0.3) is 87.2 Å². The van der Waals surface area contributed by atoms with Gasteiger partial charge in [-0.3, -0.25) is 0 Å². The van der Waals surface area contributed by atoms with Crippen LogP contribution in [0, 0.1) is 13.8 Å². The van der Waals surface area contributed by atoms with Gasteiger partial charge < -0.3 is 0 Å². The molecule has 0 saturated heterocycles. The van der Waals surface area contributed by atoms with E-state index in [4.69, 9.17) is 0 Å². The second-order valence-corrected chi connectivity index (χ2v) is 12.5. The van der Waals surface area contributed by atoms with E-state index in [1.807, 2.05) is 0 Å². The van der Waals surface area contributed by atoms with Crippen molar-refractivity contribution in [1.29, 1.82) is 0 Å². The third kappa shape index (κ3) is 4.00. The summed E-state index contributed by atoms with van der Waals surface area (Å²) >= 11 is 0. The summed E-state index contributed by atoms with van der Waals surface area (Å²) in [6.07, 6.45) is 0. The molecule has 0 aliphatic heterocycles. The molecule has 9 aromatic carbocycles. The Bertz CT molecular complexity index is 2640. The lowest BCUT2D eigenvalue weighted by Crippen LogP contribution is -1.96. The maximum absolute atomic E-state index is 2.43. The Kier molecular flexibility index (Phi) is 6.05. The summed E-state index contributed by atoms with van der Waals surface area (Å²) in [4.78, 5) is 0. The molecule has 0 amide bonds. The fraction of sp³-hybridized carbons (Fsp3) is 0.0435. The zero-order chi connectivity index (χ0) is 30.8. The summed E-state index contributed by atoms with van der Waals surface area (Å²) in [5.41, 5.74) is 10.2. The quantitative estimate of drug-likeness (QED) is 0.143. The first kappa shape index (κ1) is 26.7. The van der Waals surface area contributed by atoms with E-state index in [-0.39, 0.29) is 0 Å². The van der Waals surface area contributed by atoms with Crippen molar-refractivity contribution < 1.29 is 0 Å². The third-order valence-corrected chi connectivity index (χ3v) is 9.93. The Morgan fingerprint density at radius 3 is 1.39 bits per heavy atom. The topological polar surface area (TPSA) is 0 Å². The zero-order valence-electron chi connectivity index (χ0n) is 26.0. The molecule has 0 nitrogen and oxygen atoms in total. The van der Waals surface area contributed by atoms with E-state index in [1.165, 1.54) is 98.4 Å². The highest BCUT2D eigenvalue weighted by Gasteiger charge is 2.23. The maximum atomic E-state index is 2.43. The average Bonchev–Trinajstić information content (AvgIpc) is 3.12. The van der Waals surface area contributed by atoms with Crippen LogP contribution < -0.4 is 0 Å². The van der Waals surface area contributed by atoms with Crippen LogP contribution in [-0.4, -0.2) is 0 Å². The minimum Gasteiger partial charge on any atom is -0.0622 e. The third-order valence-electron chi connectivity index (χ3n) is 9.93. The summed E-state index contributed by atoms with van der Waals surface area (Å²) in [7, 11) is 0. The van der Waals surface area contributed by atoms with Gasteiger partial charge in [0.25, 0.3) is 0 Å². The molecule has 9 rings (SSSR count). The lowest BCUT2D eigenvalue weighted by atomic mass is 9.79. The fourth-order valence-corrected chi connectivity index (χ4v) is 7.63. The molecule has 0 unspecified atom stereocenters. The van der Waals surface area contributed by atoms with Crippen molar-refractivity contribution in [2.24, 2.45) is 0 Å². The Hall–Kier alpha value is -5.72. The van der Waals surface area contributed by atoms with E-state index in [0.29, 0.717) is 0 Å². The van der Waals surface area contributed by atoms with Gasteiger partial charge in [0.2, 0.25) is 0 Å².